The number of nitrogens with two attached hydrogens (primary N) is 1. The molecule has 0 aromatic carbocycles. The second kappa shape index (κ2) is 13.4. The first-order chi connectivity index (χ1) is 18.2. The maximum absolute atomic E-state index is 13.1. The number of thiazole rings is 1. The summed E-state index contributed by atoms with van der Waals surface area (Å²) in [5.74, 6) is -1.79. The molecule has 0 aliphatic carbocycles. The number of esters is 1. The van der Waals surface area contributed by atoms with Gasteiger partial charge in [0.1, 0.15) is 36.0 Å². The number of carbonyl (C=O) groups is 4. The van der Waals surface area contributed by atoms with Crippen LogP contribution in [0.25, 0.3) is 0 Å². The zero-order chi connectivity index (χ0) is 27.8. The minimum atomic E-state index is -0.972. The fraction of sp³-hybridized carbons (Fsp3) is 0.545. The first kappa shape index (κ1) is 29.2. The molecule has 0 spiro atoms. The lowest BCUT2D eigenvalue weighted by Crippen LogP contribution is -2.71. The third kappa shape index (κ3) is 6.73. The number of rotatable bonds is 12. The van der Waals surface area contributed by atoms with Crippen LogP contribution >= 0.6 is 23.1 Å². The van der Waals surface area contributed by atoms with Gasteiger partial charge in [0.25, 0.3) is 11.8 Å². The van der Waals surface area contributed by atoms with Crippen molar-refractivity contribution in [1.82, 2.24) is 15.2 Å². The van der Waals surface area contributed by atoms with Crippen molar-refractivity contribution in [3.63, 3.8) is 0 Å². The summed E-state index contributed by atoms with van der Waals surface area (Å²) in [5.41, 5.74) is 6.17. The lowest BCUT2D eigenvalue weighted by molar-refractivity contribution is -0.158. The highest BCUT2D eigenvalue weighted by Gasteiger charge is 2.54. The van der Waals surface area contributed by atoms with E-state index in [0.29, 0.717) is 17.7 Å². The average Bonchev–Trinajstić information content (AvgIpc) is 3.31. The van der Waals surface area contributed by atoms with Crippen LogP contribution in [0.5, 0.6) is 0 Å². The molecule has 0 radical (unpaired) electrons. The summed E-state index contributed by atoms with van der Waals surface area (Å²) in [6, 6.07) is -0.955. The zero-order valence-corrected chi connectivity index (χ0v) is 22.9. The van der Waals surface area contributed by atoms with Gasteiger partial charge in [0.05, 0.1) is 6.61 Å². The molecule has 2 aliphatic heterocycles. The van der Waals surface area contributed by atoms with Gasteiger partial charge in [-0.1, -0.05) is 18.5 Å². The van der Waals surface area contributed by atoms with Gasteiger partial charge in [-0.05, 0) is 18.9 Å². The van der Waals surface area contributed by atoms with Crippen LogP contribution in [0.2, 0.25) is 0 Å². The number of aromatic nitrogens is 1. The van der Waals surface area contributed by atoms with Gasteiger partial charge in [-0.2, -0.15) is 0 Å². The molecule has 3 heterocycles. The predicted molar refractivity (Wildman–Crippen MR) is 137 cm³/mol. The Kier molecular flexibility index (Phi) is 10.3. The van der Waals surface area contributed by atoms with Crippen LogP contribution in [0.3, 0.4) is 0 Å². The number of β-lactam (4-membered cyclic amide) rings is 1. The monoisotopic (exact) mass is 571 g/mol. The van der Waals surface area contributed by atoms with Crippen molar-refractivity contribution >= 4 is 57.9 Å². The predicted octanol–water partition coefficient (Wildman–Crippen LogP) is 1.22. The van der Waals surface area contributed by atoms with Gasteiger partial charge >= 0.3 is 12.1 Å². The van der Waals surface area contributed by atoms with Crippen molar-refractivity contribution in [2.24, 2.45) is 5.16 Å². The number of hydrogen-bond donors (Lipinski definition) is 2. The Bertz CT molecular complexity index is 1120. The Morgan fingerprint density at radius 1 is 1.32 bits per heavy atom. The van der Waals surface area contributed by atoms with Crippen LogP contribution in [0.15, 0.2) is 21.8 Å². The smallest absolute Gasteiger partial charge is 0.431 e. The lowest BCUT2D eigenvalue weighted by Gasteiger charge is -2.49. The summed E-state index contributed by atoms with van der Waals surface area (Å²) in [4.78, 5) is 60.7. The first-order valence-corrected chi connectivity index (χ1v) is 13.4. The SMILES string of the molecule is CCC[C@H](C)OC(=O)OCOC(=O)C1=C(COC)CS[C@@H]2[C@H](NC(=O)/C(=N\OC)c3csc(N)n3)C(=O)N12. The van der Waals surface area contributed by atoms with Crippen LogP contribution in [0.1, 0.15) is 32.4 Å². The molecule has 2 aliphatic rings. The third-order valence-electron chi connectivity index (χ3n) is 5.37. The highest BCUT2D eigenvalue weighted by molar-refractivity contribution is 8.00. The second-order valence-corrected chi connectivity index (χ2v) is 10.1. The summed E-state index contributed by atoms with van der Waals surface area (Å²) >= 11 is 2.45. The van der Waals surface area contributed by atoms with Gasteiger partial charge in [-0.25, -0.2) is 14.6 Å². The van der Waals surface area contributed by atoms with E-state index in [0.717, 1.165) is 17.8 Å². The number of nitrogens with one attached hydrogen (secondary N) is 1. The zero-order valence-electron chi connectivity index (χ0n) is 21.3. The standard InChI is InChI=1S/C22H29N5O9S2/c1-5-6-11(2)36-22(31)35-10-34-20(30)16-12(7-32-3)8-37-19-15(18(29)27(16)19)25-17(28)14(26-33-4)13-9-38-21(23)24-13/h9,11,15,19H,5-8,10H2,1-4H3,(H2,23,24)(H,25,28)/b26-14-/t11-,15+,19+/m0/s1. The fourth-order valence-corrected chi connectivity index (χ4v) is 5.60. The van der Waals surface area contributed by atoms with Crippen molar-refractivity contribution in [2.75, 3.05) is 39.1 Å². The molecule has 0 saturated carbocycles. The Balaban J connectivity index is 1.66. The summed E-state index contributed by atoms with van der Waals surface area (Å²) in [7, 11) is 2.72. The molecule has 38 heavy (non-hydrogen) atoms. The number of fused-ring (bicyclic) bond motifs is 1. The molecule has 3 N–H and O–H groups in total. The van der Waals surface area contributed by atoms with E-state index in [1.807, 2.05) is 6.92 Å². The third-order valence-corrected chi connectivity index (χ3v) is 7.38. The molecule has 208 valence electrons. The van der Waals surface area contributed by atoms with Gasteiger partial charge in [0, 0.05) is 18.2 Å². The Morgan fingerprint density at radius 3 is 2.71 bits per heavy atom. The maximum atomic E-state index is 13.1. The van der Waals surface area contributed by atoms with E-state index >= 15 is 0 Å². The summed E-state index contributed by atoms with van der Waals surface area (Å²) in [6.45, 7) is 3.04. The van der Waals surface area contributed by atoms with E-state index in [-0.39, 0.29) is 34.9 Å². The molecule has 3 atom stereocenters. The molecule has 1 aromatic rings. The van der Waals surface area contributed by atoms with Gasteiger partial charge in [-0.3, -0.25) is 14.5 Å². The highest BCUT2D eigenvalue weighted by atomic mass is 32.2. The van der Waals surface area contributed by atoms with E-state index in [1.54, 1.807) is 6.92 Å². The highest BCUT2D eigenvalue weighted by Crippen LogP contribution is 2.40. The van der Waals surface area contributed by atoms with E-state index in [9.17, 15) is 19.2 Å². The fourth-order valence-electron chi connectivity index (χ4n) is 3.72. The van der Waals surface area contributed by atoms with Crippen LogP contribution in [-0.2, 0) is 38.2 Å². The van der Waals surface area contributed by atoms with Gasteiger partial charge in [0.15, 0.2) is 10.8 Å². The minimum absolute atomic E-state index is 0.0273. The van der Waals surface area contributed by atoms with E-state index in [4.69, 9.17) is 29.5 Å². The summed E-state index contributed by atoms with van der Waals surface area (Å²) in [5, 5.41) is 7.51. The minimum Gasteiger partial charge on any atom is -0.431 e. The van der Waals surface area contributed by atoms with Crippen molar-refractivity contribution in [3.05, 3.63) is 22.3 Å². The average molecular weight is 572 g/mol. The number of methoxy groups -OCH3 is 1. The first-order valence-electron chi connectivity index (χ1n) is 11.5. The van der Waals surface area contributed by atoms with Crippen LogP contribution in [-0.4, -0.2) is 90.4 Å². The molecule has 0 bridgehead atoms. The number of anilines is 1. The number of thioether (sulfide) groups is 1. The van der Waals surface area contributed by atoms with Crippen LogP contribution in [0, 0.1) is 0 Å². The largest absolute Gasteiger partial charge is 0.511 e. The number of nitrogens with zero attached hydrogens (tertiary/aromatic N) is 3. The van der Waals surface area contributed by atoms with Crippen molar-refractivity contribution in [1.29, 1.82) is 0 Å². The molecule has 2 amide bonds. The molecule has 1 saturated heterocycles. The normalized spacial score (nSPS) is 19.7. The molecule has 1 fully saturated rings. The topological polar surface area (TPSA) is 181 Å². The number of amides is 2. The Morgan fingerprint density at radius 2 is 2.08 bits per heavy atom. The maximum Gasteiger partial charge on any atom is 0.511 e. The molecule has 16 heteroatoms. The number of nitrogen functional groups attached to an aromatic ring is 1. The number of hydrogen-bond acceptors (Lipinski definition) is 14. The quantitative estimate of drug-likeness (QED) is 0.121. The molecule has 3 rings (SSSR count). The molecule has 1 aromatic heterocycles. The second-order valence-electron chi connectivity index (χ2n) is 8.10. The van der Waals surface area contributed by atoms with Gasteiger partial charge in [0.2, 0.25) is 6.79 Å². The van der Waals surface area contributed by atoms with E-state index in [2.05, 4.69) is 15.5 Å². The van der Waals surface area contributed by atoms with E-state index in [1.165, 1.54) is 36.3 Å². The van der Waals surface area contributed by atoms with Gasteiger partial charge in [-0.15, -0.1) is 23.1 Å². The van der Waals surface area contributed by atoms with Gasteiger partial charge < -0.3 is 34.8 Å². The molecule has 0 unspecified atom stereocenters. The number of carbonyl (C=O) groups excluding carboxylic acids is 4. The van der Waals surface area contributed by atoms with Crippen LogP contribution < -0.4 is 11.1 Å². The Hall–Kier alpha value is -3.37. The van der Waals surface area contributed by atoms with E-state index < -0.39 is 42.1 Å². The summed E-state index contributed by atoms with van der Waals surface area (Å²) < 4.78 is 20.1. The van der Waals surface area contributed by atoms with Crippen molar-refractivity contribution in [3.8, 4) is 0 Å². The number of oxime groups is 1. The van der Waals surface area contributed by atoms with Crippen molar-refractivity contribution < 1.29 is 43.0 Å². The molecular weight excluding hydrogens is 542 g/mol. The Labute approximate surface area is 226 Å². The summed E-state index contributed by atoms with van der Waals surface area (Å²) in [6.07, 6.45) is 0.167. The van der Waals surface area contributed by atoms with Crippen LogP contribution in [0.4, 0.5) is 9.93 Å². The molecular formula is C22H29N5O9S2. The number of ether oxygens (including phenoxy) is 4. The lowest BCUT2D eigenvalue weighted by atomic mass is 10.0. The molecule has 14 nitrogen and oxygen atoms in total. The van der Waals surface area contributed by atoms with Crippen molar-refractivity contribution in [2.45, 2.75) is 44.2 Å².